The fraction of sp³-hybridized carbons (Fsp3) is 0.206. The predicted octanol–water partition coefficient (Wildman–Crippen LogP) is 7.33. The molecule has 2 heterocycles. The summed E-state index contributed by atoms with van der Waals surface area (Å²) in [7, 11) is 1.85. The first-order chi connectivity index (χ1) is 20.5. The molecule has 8 heteroatoms. The van der Waals surface area contributed by atoms with Crippen molar-refractivity contribution in [1.29, 1.82) is 0 Å². The number of aliphatic hydroxyl groups is 1. The SMILES string of the molecule is CN(CO)c1cccc(-n2cc(-c3ccc(Cl)cc3Cl)nc2Cc2ccc(-c3ccc(N4CCOCC4)cc3)cc2)c1. The zero-order chi connectivity index (χ0) is 29.1. The number of aromatic nitrogens is 2. The molecule has 0 spiro atoms. The summed E-state index contributed by atoms with van der Waals surface area (Å²) >= 11 is 12.7. The number of morpholine rings is 1. The number of ether oxygens (including phenoxy) is 1. The van der Waals surface area contributed by atoms with Crippen LogP contribution in [0.4, 0.5) is 11.4 Å². The molecule has 214 valence electrons. The van der Waals surface area contributed by atoms with Crippen molar-refractivity contribution in [1.82, 2.24) is 9.55 Å². The van der Waals surface area contributed by atoms with E-state index in [1.165, 1.54) is 16.8 Å². The lowest BCUT2D eigenvalue weighted by Gasteiger charge is -2.28. The van der Waals surface area contributed by atoms with Gasteiger partial charge < -0.3 is 24.2 Å². The molecule has 0 saturated carbocycles. The molecule has 1 saturated heterocycles. The summed E-state index contributed by atoms with van der Waals surface area (Å²) in [6, 6.07) is 30.9. The Hall–Kier alpha value is -3.81. The van der Waals surface area contributed by atoms with Crippen LogP contribution in [0.25, 0.3) is 28.1 Å². The third kappa shape index (κ3) is 6.18. The Morgan fingerprint density at radius 3 is 2.26 bits per heavy atom. The van der Waals surface area contributed by atoms with Crippen molar-refractivity contribution in [3.8, 4) is 28.1 Å². The molecule has 4 aromatic carbocycles. The molecule has 1 aromatic heterocycles. The number of aliphatic hydroxyl groups excluding tert-OH is 1. The van der Waals surface area contributed by atoms with Crippen LogP contribution in [-0.4, -0.2) is 54.7 Å². The highest BCUT2D eigenvalue weighted by Crippen LogP contribution is 2.32. The van der Waals surface area contributed by atoms with Gasteiger partial charge in [-0.2, -0.15) is 0 Å². The van der Waals surface area contributed by atoms with Crippen LogP contribution in [0.2, 0.25) is 10.0 Å². The zero-order valence-corrected chi connectivity index (χ0v) is 24.9. The van der Waals surface area contributed by atoms with Crippen LogP contribution in [0.5, 0.6) is 0 Å². The van der Waals surface area contributed by atoms with Crippen molar-refractivity contribution in [2.75, 3.05) is 49.9 Å². The molecule has 0 atom stereocenters. The fourth-order valence-electron chi connectivity index (χ4n) is 5.24. The maximum Gasteiger partial charge on any atom is 0.118 e. The van der Waals surface area contributed by atoms with Gasteiger partial charge in [-0.1, -0.05) is 65.7 Å². The van der Waals surface area contributed by atoms with Gasteiger partial charge in [0.2, 0.25) is 0 Å². The van der Waals surface area contributed by atoms with Crippen molar-refractivity contribution < 1.29 is 9.84 Å². The molecule has 0 radical (unpaired) electrons. The molecule has 1 aliphatic rings. The third-order valence-corrected chi connectivity index (χ3v) is 8.19. The van der Waals surface area contributed by atoms with Crippen LogP contribution in [-0.2, 0) is 11.2 Å². The van der Waals surface area contributed by atoms with Gasteiger partial charge in [-0.25, -0.2) is 4.98 Å². The summed E-state index contributed by atoms with van der Waals surface area (Å²) in [6.45, 7) is 3.34. The van der Waals surface area contributed by atoms with E-state index in [2.05, 4.69) is 58.0 Å². The van der Waals surface area contributed by atoms with Gasteiger partial charge in [0.05, 0.1) is 23.9 Å². The minimum absolute atomic E-state index is 0.0752. The van der Waals surface area contributed by atoms with E-state index in [1.54, 1.807) is 11.0 Å². The Morgan fingerprint density at radius 1 is 0.857 bits per heavy atom. The first-order valence-electron chi connectivity index (χ1n) is 14.0. The van der Waals surface area contributed by atoms with Gasteiger partial charge in [-0.3, -0.25) is 0 Å². The molecular weight excluding hydrogens is 567 g/mol. The number of halogens is 2. The van der Waals surface area contributed by atoms with Crippen LogP contribution < -0.4 is 9.80 Å². The van der Waals surface area contributed by atoms with E-state index in [1.807, 2.05) is 49.6 Å². The van der Waals surface area contributed by atoms with E-state index in [0.29, 0.717) is 16.5 Å². The van der Waals surface area contributed by atoms with Gasteiger partial charge >= 0.3 is 0 Å². The van der Waals surface area contributed by atoms with Crippen molar-refractivity contribution in [2.24, 2.45) is 0 Å². The molecule has 1 aliphatic heterocycles. The fourth-order valence-corrected chi connectivity index (χ4v) is 5.74. The predicted molar refractivity (Wildman–Crippen MR) is 172 cm³/mol. The Kier molecular flexibility index (Phi) is 8.49. The highest BCUT2D eigenvalue weighted by Gasteiger charge is 2.16. The maximum absolute atomic E-state index is 9.66. The van der Waals surface area contributed by atoms with Crippen LogP contribution >= 0.6 is 23.2 Å². The van der Waals surface area contributed by atoms with E-state index in [-0.39, 0.29) is 6.73 Å². The largest absolute Gasteiger partial charge is 0.378 e. The second-order valence-electron chi connectivity index (χ2n) is 10.4. The molecule has 0 aliphatic carbocycles. The lowest BCUT2D eigenvalue weighted by Crippen LogP contribution is -2.36. The summed E-state index contributed by atoms with van der Waals surface area (Å²) in [6.07, 6.45) is 2.63. The van der Waals surface area contributed by atoms with Crippen molar-refractivity contribution in [3.63, 3.8) is 0 Å². The van der Waals surface area contributed by atoms with E-state index >= 15 is 0 Å². The van der Waals surface area contributed by atoms with Crippen LogP contribution in [0.15, 0.2) is 97.2 Å². The Labute approximate surface area is 256 Å². The number of nitrogens with zero attached hydrogens (tertiary/aromatic N) is 4. The first-order valence-corrected chi connectivity index (χ1v) is 14.7. The highest BCUT2D eigenvalue weighted by atomic mass is 35.5. The number of anilines is 2. The molecule has 1 fully saturated rings. The average molecular weight is 600 g/mol. The molecule has 5 aromatic rings. The van der Waals surface area contributed by atoms with Gasteiger partial charge in [0.25, 0.3) is 0 Å². The average Bonchev–Trinajstić information content (AvgIpc) is 3.45. The summed E-state index contributed by atoms with van der Waals surface area (Å²) in [5, 5.41) is 10.8. The highest BCUT2D eigenvalue weighted by molar-refractivity contribution is 6.36. The first kappa shape index (κ1) is 28.3. The number of imidazole rings is 1. The molecule has 0 unspecified atom stereocenters. The van der Waals surface area contributed by atoms with Gasteiger partial charge in [0.1, 0.15) is 12.6 Å². The summed E-state index contributed by atoms with van der Waals surface area (Å²) in [4.78, 5) is 9.17. The lowest BCUT2D eigenvalue weighted by atomic mass is 10.0. The number of hydrogen-bond donors (Lipinski definition) is 1. The molecular formula is C34H32Cl2N4O2. The molecule has 0 amide bonds. The number of hydrogen-bond acceptors (Lipinski definition) is 5. The van der Waals surface area contributed by atoms with Gasteiger partial charge in [-0.05, 0) is 65.2 Å². The maximum atomic E-state index is 9.66. The Balaban J connectivity index is 1.29. The van der Waals surface area contributed by atoms with Crippen molar-refractivity contribution in [3.05, 3.63) is 119 Å². The van der Waals surface area contributed by atoms with Gasteiger partial charge in [-0.15, -0.1) is 0 Å². The Bertz CT molecular complexity index is 1660. The summed E-state index contributed by atoms with van der Waals surface area (Å²) in [5.74, 6) is 0.877. The van der Waals surface area contributed by atoms with Crippen LogP contribution in [0.1, 0.15) is 11.4 Å². The van der Waals surface area contributed by atoms with E-state index in [4.69, 9.17) is 32.9 Å². The third-order valence-electron chi connectivity index (χ3n) is 7.64. The standard InChI is InChI=1S/C34H32Cl2N4O2/c1-38(23-41)29-3-2-4-30(21-29)40-22-33(31-14-11-27(35)20-32(31)36)37-34(40)19-24-5-7-25(8-6-24)26-9-12-28(13-10-26)39-15-17-42-18-16-39/h2-14,20-22,41H,15-19,23H2,1H3. The van der Waals surface area contributed by atoms with Crippen molar-refractivity contribution >= 4 is 34.6 Å². The minimum Gasteiger partial charge on any atom is -0.378 e. The molecule has 42 heavy (non-hydrogen) atoms. The number of rotatable bonds is 8. The topological polar surface area (TPSA) is 53.8 Å². The van der Waals surface area contributed by atoms with E-state index < -0.39 is 0 Å². The quantitative estimate of drug-likeness (QED) is 0.190. The monoisotopic (exact) mass is 598 g/mol. The summed E-state index contributed by atoms with van der Waals surface area (Å²) < 4.78 is 7.57. The zero-order valence-electron chi connectivity index (χ0n) is 23.4. The second kappa shape index (κ2) is 12.6. The van der Waals surface area contributed by atoms with Gasteiger partial charge in [0, 0.05) is 60.4 Å². The second-order valence-corrected chi connectivity index (χ2v) is 11.3. The summed E-state index contributed by atoms with van der Waals surface area (Å²) in [5.41, 5.74) is 8.18. The number of benzene rings is 4. The lowest BCUT2D eigenvalue weighted by molar-refractivity contribution is 0.122. The molecule has 6 nitrogen and oxygen atoms in total. The normalized spacial score (nSPS) is 13.4. The molecule has 6 rings (SSSR count). The van der Waals surface area contributed by atoms with Crippen LogP contribution in [0.3, 0.4) is 0 Å². The van der Waals surface area contributed by atoms with E-state index in [0.717, 1.165) is 60.3 Å². The van der Waals surface area contributed by atoms with Crippen molar-refractivity contribution in [2.45, 2.75) is 6.42 Å². The van der Waals surface area contributed by atoms with E-state index in [9.17, 15) is 5.11 Å². The smallest absolute Gasteiger partial charge is 0.118 e. The van der Waals surface area contributed by atoms with Gasteiger partial charge in [0.15, 0.2) is 0 Å². The minimum atomic E-state index is -0.0752. The molecule has 0 bridgehead atoms. The Morgan fingerprint density at radius 2 is 1.57 bits per heavy atom. The van der Waals surface area contributed by atoms with Crippen LogP contribution in [0, 0.1) is 0 Å². The molecule has 1 N–H and O–H groups in total.